The van der Waals surface area contributed by atoms with Crippen LogP contribution in [0.25, 0.3) is 10.9 Å². The predicted octanol–water partition coefficient (Wildman–Crippen LogP) is 2.14. The lowest BCUT2D eigenvalue weighted by molar-refractivity contribution is -0.0290. The van der Waals surface area contributed by atoms with Crippen LogP contribution in [0, 0.1) is 6.92 Å². The van der Waals surface area contributed by atoms with E-state index in [9.17, 15) is 15.0 Å². The van der Waals surface area contributed by atoms with Crippen molar-refractivity contribution in [3.8, 4) is 0 Å². The lowest BCUT2D eigenvalue weighted by Gasteiger charge is -2.43. The van der Waals surface area contributed by atoms with Crippen molar-refractivity contribution in [1.82, 2.24) is 14.8 Å². The van der Waals surface area contributed by atoms with E-state index in [0.29, 0.717) is 18.7 Å². The van der Waals surface area contributed by atoms with Crippen LogP contribution in [-0.4, -0.2) is 75.3 Å². The number of carbonyl (C=O) groups is 1. The number of nitrogens with zero attached hydrogens (tertiary/aromatic N) is 3. The van der Waals surface area contributed by atoms with Crippen LogP contribution in [0.5, 0.6) is 0 Å². The Morgan fingerprint density at radius 1 is 1.14 bits per heavy atom. The molecule has 6 heteroatoms. The van der Waals surface area contributed by atoms with Crippen molar-refractivity contribution in [3.05, 3.63) is 41.1 Å². The van der Waals surface area contributed by atoms with Crippen LogP contribution in [0.15, 0.2) is 24.3 Å². The summed E-state index contributed by atoms with van der Waals surface area (Å²) >= 11 is 0. The number of benzene rings is 1. The molecule has 6 nitrogen and oxygen atoms in total. The van der Waals surface area contributed by atoms with Gasteiger partial charge in [0, 0.05) is 43.3 Å². The van der Waals surface area contributed by atoms with Crippen LogP contribution in [0.2, 0.25) is 0 Å². The first-order chi connectivity index (χ1) is 14.0. The van der Waals surface area contributed by atoms with Gasteiger partial charge in [-0.05, 0) is 56.4 Å². The quantitative estimate of drug-likeness (QED) is 0.830. The number of aliphatic hydroxyl groups excluding tert-OH is 2. The molecule has 2 N–H and O–H groups in total. The number of amides is 1. The summed E-state index contributed by atoms with van der Waals surface area (Å²) in [4.78, 5) is 22.0. The maximum absolute atomic E-state index is 13.4. The minimum atomic E-state index is -0.566. The Balaban J connectivity index is 1.53. The standard InChI is InChI=1S/C23H31N3O3/c1-3-16-4-5-20-18(13-16)19(12-15(2)24-20)23(29)26-11-8-21(22(28)14-26)25-9-6-17(27)7-10-25/h4-5,12-13,17,21-22,27-28H,3,6-11,14H2,1-2H3/t21-,22-/m1/s1. The van der Waals surface area contributed by atoms with Gasteiger partial charge in [0.15, 0.2) is 0 Å². The minimum Gasteiger partial charge on any atom is -0.393 e. The van der Waals surface area contributed by atoms with Gasteiger partial charge in [-0.2, -0.15) is 0 Å². The molecule has 4 rings (SSSR count). The Morgan fingerprint density at radius 2 is 1.90 bits per heavy atom. The van der Waals surface area contributed by atoms with E-state index < -0.39 is 6.10 Å². The largest absolute Gasteiger partial charge is 0.393 e. The molecule has 2 saturated heterocycles. The molecule has 0 spiro atoms. The van der Waals surface area contributed by atoms with E-state index in [1.165, 1.54) is 5.56 Å². The third-order valence-electron chi connectivity index (χ3n) is 6.44. The van der Waals surface area contributed by atoms with E-state index in [2.05, 4.69) is 28.9 Å². The van der Waals surface area contributed by atoms with Crippen LogP contribution in [0.1, 0.15) is 47.8 Å². The zero-order valence-electron chi connectivity index (χ0n) is 17.3. The zero-order valence-corrected chi connectivity index (χ0v) is 17.3. The number of hydrogen-bond acceptors (Lipinski definition) is 5. The number of aryl methyl sites for hydroxylation is 2. The smallest absolute Gasteiger partial charge is 0.254 e. The van der Waals surface area contributed by atoms with Crippen LogP contribution < -0.4 is 0 Å². The van der Waals surface area contributed by atoms with E-state index in [4.69, 9.17) is 0 Å². The molecule has 0 unspecified atom stereocenters. The van der Waals surface area contributed by atoms with Crippen LogP contribution in [0.3, 0.4) is 0 Å². The third-order valence-corrected chi connectivity index (χ3v) is 6.44. The SMILES string of the molecule is CCc1ccc2nc(C)cc(C(=O)N3CC[C@@H](N4CCC(O)CC4)[C@H](O)C3)c2c1. The number of likely N-dealkylation sites (tertiary alicyclic amines) is 2. The number of pyridine rings is 1. The number of β-amino-alcohol motifs (C(OH)–C–C–N with tert-alkyl or cyclic N) is 1. The second kappa shape index (κ2) is 8.38. The molecule has 156 valence electrons. The van der Waals surface area contributed by atoms with E-state index >= 15 is 0 Å². The molecule has 1 aromatic heterocycles. The first kappa shape index (κ1) is 20.3. The molecule has 2 atom stereocenters. The first-order valence-electron chi connectivity index (χ1n) is 10.8. The predicted molar refractivity (Wildman–Crippen MR) is 113 cm³/mol. The van der Waals surface area contributed by atoms with E-state index in [1.807, 2.05) is 19.1 Å². The average Bonchev–Trinajstić information content (AvgIpc) is 2.73. The highest BCUT2D eigenvalue weighted by molar-refractivity contribution is 6.06. The fourth-order valence-corrected chi connectivity index (χ4v) is 4.72. The zero-order chi connectivity index (χ0) is 20.5. The monoisotopic (exact) mass is 397 g/mol. The maximum Gasteiger partial charge on any atom is 0.254 e. The molecular formula is C23H31N3O3. The molecule has 2 aliphatic rings. The highest BCUT2D eigenvalue weighted by Gasteiger charge is 2.35. The van der Waals surface area contributed by atoms with Crippen molar-refractivity contribution in [1.29, 1.82) is 0 Å². The summed E-state index contributed by atoms with van der Waals surface area (Å²) < 4.78 is 0. The summed E-state index contributed by atoms with van der Waals surface area (Å²) in [6.45, 7) is 6.62. The second-order valence-corrected chi connectivity index (χ2v) is 8.46. The Bertz CT molecular complexity index is 892. The van der Waals surface area contributed by atoms with E-state index in [1.54, 1.807) is 4.90 Å². The Kier molecular flexibility index (Phi) is 5.86. The fourth-order valence-electron chi connectivity index (χ4n) is 4.72. The molecule has 0 bridgehead atoms. The molecular weight excluding hydrogens is 366 g/mol. The topological polar surface area (TPSA) is 76.9 Å². The number of hydrogen-bond donors (Lipinski definition) is 2. The average molecular weight is 398 g/mol. The normalized spacial score (nSPS) is 24.2. The van der Waals surface area contributed by atoms with Gasteiger partial charge < -0.3 is 15.1 Å². The second-order valence-electron chi connectivity index (χ2n) is 8.46. The van der Waals surface area contributed by atoms with Gasteiger partial charge in [-0.15, -0.1) is 0 Å². The van der Waals surface area contributed by atoms with Crippen molar-refractivity contribution >= 4 is 16.8 Å². The lowest BCUT2D eigenvalue weighted by Crippen LogP contribution is -2.57. The number of fused-ring (bicyclic) bond motifs is 1. The fraction of sp³-hybridized carbons (Fsp3) is 0.565. The summed E-state index contributed by atoms with van der Waals surface area (Å²) in [5.41, 5.74) is 3.53. The minimum absolute atomic E-state index is 0.0275. The van der Waals surface area contributed by atoms with Gasteiger partial charge in [0.1, 0.15) is 0 Å². The van der Waals surface area contributed by atoms with Gasteiger partial charge in [0.2, 0.25) is 0 Å². The number of aliphatic hydroxyl groups is 2. The van der Waals surface area contributed by atoms with Gasteiger partial charge in [0.25, 0.3) is 5.91 Å². The molecule has 2 aliphatic heterocycles. The first-order valence-corrected chi connectivity index (χ1v) is 10.8. The van der Waals surface area contributed by atoms with Gasteiger partial charge in [-0.25, -0.2) is 0 Å². The number of carbonyl (C=O) groups excluding carboxylic acids is 1. The van der Waals surface area contributed by atoms with Gasteiger partial charge in [-0.3, -0.25) is 14.7 Å². The Hall–Kier alpha value is -2.02. The number of rotatable bonds is 3. The highest BCUT2D eigenvalue weighted by Crippen LogP contribution is 2.26. The Labute approximate surface area is 172 Å². The van der Waals surface area contributed by atoms with Crippen LogP contribution in [-0.2, 0) is 6.42 Å². The third kappa shape index (κ3) is 4.15. The summed E-state index contributed by atoms with van der Waals surface area (Å²) in [6.07, 6.45) is 2.39. The molecule has 0 saturated carbocycles. The lowest BCUT2D eigenvalue weighted by atomic mass is 9.95. The van der Waals surface area contributed by atoms with E-state index in [0.717, 1.165) is 55.4 Å². The number of piperidine rings is 2. The molecule has 1 amide bonds. The van der Waals surface area contributed by atoms with Crippen molar-refractivity contribution < 1.29 is 15.0 Å². The molecule has 0 aliphatic carbocycles. The van der Waals surface area contributed by atoms with Crippen LogP contribution in [0.4, 0.5) is 0 Å². The van der Waals surface area contributed by atoms with Crippen LogP contribution >= 0.6 is 0 Å². The molecule has 1 aromatic carbocycles. The molecule has 29 heavy (non-hydrogen) atoms. The maximum atomic E-state index is 13.4. The summed E-state index contributed by atoms with van der Waals surface area (Å²) in [5.74, 6) is -0.0275. The summed E-state index contributed by atoms with van der Waals surface area (Å²) in [6, 6.07) is 8.05. The molecule has 0 radical (unpaired) electrons. The summed E-state index contributed by atoms with van der Waals surface area (Å²) in [7, 11) is 0. The van der Waals surface area contributed by atoms with Crippen molar-refractivity contribution in [2.45, 2.75) is 57.8 Å². The van der Waals surface area contributed by atoms with Crippen molar-refractivity contribution in [2.75, 3.05) is 26.2 Å². The van der Waals surface area contributed by atoms with Crippen molar-refractivity contribution in [3.63, 3.8) is 0 Å². The van der Waals surface area contributed by atoms with E-state index in [-0.39, 0.29) is 18.1 Å². The number of aromatic nitrogens is 1. The molecule has 2 aromatic rings. The Morgan fingerprint density at radius 3 is 2.59 bits per heavy atom. The van der Waals surface area contributed by atoms with Crippen molar-refractivity contribution in [2.24, 2.45) is 0 Å². The molecule has 2 fully saturated rings. The molecule has 3 heterocycles. The highest BCUT2D eigenvalue weighted by atomic mass is 16.3. The van der Waals surface area contributed by atoms with Gasteiger partial charge >= 0.3 is 0 Å². The summed E-state index contributed by atoms with van der Waals surface area (Å²) in [5, 5.41) is 21.4. The van der Waals surface area contributed by atoms with Gasteiger partial charge in [-0.1, -0.05) is 13.0 Å². The van der Waals surface area contributed by atoms with Gasteiger partial charge in [0.05, 0.1) is 23.3 Å².